The van der Waals surface area contributed by atoms with E-state index in [-0.39, 0.29) is 41.2 Å². The summed E-state index contributed by atoms with van der Waals surface area (Å²) in [5, 5.41) is 3.76. The number of halogens is 3. The Morgan fingerprint density at radius 2 is 1.83 bits per heavy atom. The Balaban J connectivity index is 1.50. The summed E-state index contributed by atoms with van der Waals surface area (Å²) < 4.78 is 71.0. The van der Waals surface area contributed by atoms with E-state index in [1.807, 2.05) is 13.0 Å². The first-order valence-corrected chi connectivity index (χ1v) is 10.6. The van der Waals surface area contributed by atoms with Gasteiger partial charge in [0.25, 0.3) is 0 Å². The van der Waals surface area contributed by atoms with Gasteiger partial charge in [-0.3, -0.25) is 0 Å². The van der Waals surface area contributed by atoms with Crippen molar-refractivity contribution in [1.82, 2.24) is 14.4 Å². The van der Waals surface area contributed by atoms with E-state index in [9.17, 15) is 21.6 Å². The number of benzene rings is 2. The standard InChI is InChI=1S/C20H18F3N3O3S/c1-12-6-7-13(2)17(8-12)30(27,28)26-10-15(11-26)19-24-18(25-29-19)14-4-3-5-16(9-14)20(21,22)23/h3-9,15H,10-11H2,1-2H3. The molecule has 1 aliphatic rings. The molecule has 2 heterocycles. The van der Waals surface area contributed by atoms with E-state index in [4.69, 9.17) is 4.52 Å². The second-order valence-electron chi connectivity index (χ2n) is 7.32. The largest absolute Gasteiger partial charge is 0.416 e. The van der Waals surface area contributed by atoms with Crippen molar-refractivity contribution in [3.63, 3.8) is 0 Å². The highest BCUT2D eigenvalue weighted by Gasteiger charge is 2.41. The number of sulfonamides is 1. The van der Waals surface area contributed by atoms with Crippen molar-refractivity contribution in [2.24, 2.45) is 0 Å². The fourth-order valence-electron chi connectivity index (χ4n) is 3.27. The fourth-order valence-corrected chi connectivity index (χ4v) is 5.11. The molecule has 0 amide bonds. The van der Waals surface area contributed by atoms with Crippen molar-refractivity contribution < 1.29 is 26.1 Å². The van der Waals surface area contributed by atoms with Gasteiger partial charge >= 0.3 is 6.18 Å². The van der Waals surface area contributed by atoms with Gasteiger partial charge in [0.1, 0.15) is 0 Å². The number of alkyl halides is 3. The van der Waals surface area contributed by atoms with Crippen LogP contribution in [0.3, 0.4) is 0 Å². The van der Waals surface area contributed by atoms with Crippen LogP contribution in [0.4, 0.5) is 13.2 Å². The zero-order chi connectivity index (χ0) is 21.7. The molecule has 4 rings (SSSR count). The Bertz CT molecular complexity index is 1200. The lowest BCUT2D eigenvalue weighted by Crippen LogP contribution is -2.48. The molecule has 158 valence electrons. The van der Waals surface area contributed by atoms with Crippen molar-refractivity contribution >= 4 is 10.0 Å². The number of aryl methyl sites for hydroxylation is 2. The molecule has 0 aliphatic carbocycles. The lowest BCUT2D eigenvalue weighted by atomic mass is 10.0. The van der Waals surface area contributed by atoms with Gasteiger partial charge in [0.2, 0.25) is 21.7 Å². The molecule has 0 saturated carbocycles. The Morgan fingerprint density at radius 3 is 2.53 bits per heavy atom. The summed E-state index contributed by atoms with van der Waals surface area (Å²) in [6.07, 6.45) is -4.47. The van der Waals surface area contributed by atoms with E-state index < -0.39 is 21.8 Å². The number of aromatic nitrogens is 2. The zero-order valence-electron chi connectivity index (χ0n) is 16.1. The molecule has 0 radical (unpaired) electrons. The van der Waals surface area contributed by atoms with Crippen LogP contribution in [0.25, 0.3) is 11.4 Å². The highest BCUT2D eigenvalue weighted by Crippen LogP contribution is 2.34. The summed E-state index contributed by atoms with van der Waals surface area (Å²) in [6, 6.07) is 9.90. The average molecular weight is 437 g/mol. The van der Waals surface area contributed by atoms with E-state index in [0.717, 1.165) is 17.7 Å². The Kier molecular flexibility index (Phi) is 4.94. The van der Waals surface area contributed by atoms with Crippen molar-refractivity contribution in [3.05, 3.63) is 65.0 Å². The predicted octanol–water partition coefficient (Wildman–Crippen LogP) is 4.16. The lowest BCUT2D eigenvalue weighted by Gasteiger charge is -2.36. The molecule has 10 heteroatoms. The van der Waals surface area contributed by atoms with Crippen LogP contribution in [0.1, 0.15) is 28.5 Å². The van der Waals surface area contributed by atoms with Crippen molar-refractivity contribution in [3.8, 4) is 11.4 Å². The van der Waals surface area contributed by atoms with Crippen LogP contribution >= 0.6 is 0 Å². The third-order valence-corrected chi connectivity index (χ3v) is 7.02. The van der Waals surface area contributed by atoms with Gasteiger partial charge in [0.15, 0.2) is 0 Å². The van der Waals surface area contributed by atoms with Gasteiger partial charge in [-0.25, -0.2) is 8.42 Å². The SMILES string of the molecule is Cc1ccc(C)c(S(=O)(=O)N2CC(c3nc(-c4cccc(C(F)(F)F)c4)no3)C2)c1. The van der Waals surface area contributed by atoms with Crippen molar-refractivity contribution in [1.29, 1.82) is 0 Å². The maximum Gasteiger partial charge on any atom is 0.416 e. The monoisotopic (exact) mass is 437 g/mol. The van der Waals surface area contributed by atoms with Crippen LogP contribution in [-0.4, -0.2) is 36.0 Å². The van der Waals surface area contributed by atoms with Gasteiger partial charge in [-0.05, 0) is 43.2 Å². The summed E-state index contributed by atoms with van der Waals surface area (Å²) in [5.41, 5.74) is 0.882. The third kappa shape index (κ3) is 3.72. The highest BCUT2D eigenvalue weighted by molar-refractivity contribution is 7.89. The molecule has 30 heavy (non-hydrogen) atoms. The normalized spacial score (nSPS) is 15.9. The molecule has 1 fully saturated rings. The molecule has 0 bridgehead atoms. The molecule has 1 saturated heterocycles. The van der Waals surface area contributed by atoms with E-state index in [0.29, 0.717) is 5.56 Å². The van der Waals surface area contributed by atoms with Gasteiger partial charge < -0.3 is 4.52 Å². The number of hydrogen-bond donors (Lipinski definition) is 0. The minimum Gasteiger partial charge on any atom is -0.339 e. The number of hydrogen-bond acceptors (Lipinski definition) is 5. The highest BCUT2D eigenvalue weighted by atomic mass is 32.2. The van der Waals surface area contributed by atoms with Crippen molar-refractivity contribution in [2.75, 3.05) is 13.1 Å². The second-order valence-corrected chi connectivity index (χ2v) is 9.23. The molecule has 3 aromatic rings. The summed E-state index contributed by atoms with van der Waals surface area (Å²) in [4.78, 5) is 4.44. The van der Waals surface area contributed by atoms with Gasteiger partial charge in [0.05, 0.1) is 16.4 Å². The van der Waals surface area contributed by atoms with E-state index in [1.165, 1.54) is 16.4 Å². The third-order valence-electron chi connectivity index (χ3n) is 5.05. The second kappa shape index (κ2) is 7.21. The molecule has 6 nitrogen and oxygen atoms in total. The van der Waals surface area contributed by atoms with E-state index >= 15 is 0 Å². The maximum atomic E-state index is 12.9. The Labute approximate surface area is 171 Å². The van der Waals surface area contributed by atoms with Crippen molar-refractivity contribution in [2.45, 2.75) is 30.8 Å². The minimum atomic E-state index is -4.47. The number of rotatable bonds is 4. The van der Waals surface area contributed by atoms with Crippen LogP contribution in [0.15, 0.2) is 51.9 Å². The molecule has 2 aromatic carbocycles. The quantitative estimate of drug-likeness (QED) is 0.613. The Hall–Kier alpha value is -2.72. The molecular formula is C20H18F3N3O3S. The molecule has 0 unspecified atom stereocenters. The van der Waals surface area contributed by atoms with Crippen LogP contribution < -0.4 is 0 Å². The van der Waals surface area contributed by atoms with E-state index in [1.54, 1.807) is 19.1 Å². The molecule has 0 atom stereocenters. The van der Waals surface area contributed by atoms with Crippen LogP contribution in [0, 0.1) is 13.8 Å². The molecular weight excluding hydrogens is 419 g/mol. The minimum absolute atomic E-state index is 0.0342. The smallest absolute Gasteiger partial charge is 0.339 e. The molecule has 1 aromatic heterocycles. The molecule has 0 spiro atoms. The van der Waals surface area contributed by atoms with Crippen LogP contribution in [0.5, 0.6) is 0 Å². The Morgan fingerprint density at radius 1 is 1.10 bits per heavy atom. The lowest BCUT2D eigenvalue weighted by molar-refractivity contribution is -0.137. The van der Waals surface area contributed by atoms with Crippen LogP contribution in [0.2, 0.25) is 0 Å². The number of nitrogens with zero attached hydrogens (tertiary/aromatic N) is 3. The first kappa shape index (κ1) is 20.5. The fraction of sp³-hybridized carbons (Fsp3) is 0.300. The van der Waals surface area contributed by atoms with E-state index in [2.05, 4.69) is 10.1 Å². The average Bonchev–Trinajstić information content (AvgIpc) is 3.11. The first-order chi connectivity index (χ1) is 14.1. The van der Waals surface area contributed by atoms with Crippen LogP contribution in [-0.2, 0) is 16.2 Å². The maximum absolute atomic E-state index is 12.9. The topological polar surface area (TPSA) is 76.3 Å². The molecule has 0 N–H and O–H groups in total. The summed E-state index contributed by atoms with van der Waals surface area (Å²) in [5.74, 6) is -0.0706. The van der Waals surface area contributed by atoms with Gasteiger partial charge in [-0.1, -0.05) is 29.4 Å². The summed E-state index contributed by atoms with van der Waals surface area (Å²) in [7, 11) is -3.65. The van der Waals surface area contributed by atoms with Gasteiger partial charge in [0, 0.05) is 18.7 Å². The van der Waals surface area contributed by atoms with Gasteiger partial charge in [-0.2, -0.15) is 22.5 Å². The molecule has 1 aliphatic heterocycles. The summed E-state index contributed by atoms with van der Waals surface area (Å²) in [6.45, 7) is 3.90. The van der Waals surface area contributed by atoms with Gasteiger partial charge in [-0.15, -0.1) is 0 Å². The summed E-state index contributed by atoms with van der Waals surface area (Å²) >= 11 is 0. The predicted molar refractivity (Wildman–Crippen MR) is 102 cm³/mol. The zero-order valence-corrected chi connectivity index (χ0v) is 17.0. The first-order valence-electron chi connectivity index (χ1n) is 9.14.